The summed E-state index contributed by atoms with van der Waals surface area (Å²) in [6.45, 7) is 1.39. The van der Waals surface area contributed by atoms with Crippen molar-refractivity contribution < 1.29 is 28.0 Å². The van der Waals surface area contributed by atoms with Gasteiger partial charge in [-0.05, 0) is 49.4 Å². The van der Waals surface area contributed by atoms with E-state index < -0.39 is 23.6 Å². The number of halogens is 1. The molecule has 33 heavy (non-hydrogen) atoms. The lowest BCUT2D eigenvalue weighted by molar-refractivity contribution is 0.0422. The molecule has 164 valence electrons. The first-order valence-electron chi connectivity index (χ1n) is 10.1. The summed E-state index contributed by atoms with van der Waals surface area (Å²) in [6.07, 6.45) is 0. The SMILES string of the molecule is Cc1noc2nc(-c3ccc(F)cc3)cc(C(=O)OCCN3C(=O)c4ccccc4C3=O)c12. The van der Waals surface area contributed by atoms with Crippen LogP contribution in [0.25, 0.3) is 22.4 Å². The van der Waals surface area contributed by atoms with Gasteiger partial charge in [-0.1, -0.05) is 17.3 Å². The zero-order chi connectivity index (χ0) is 23.1. The zero-order valence-corrected chi connectivity index (χ0v) is 17.4. The summed E-state index contributed by atoms with van der Waals surface area (Å²) in [5.41, 5.74) is 2.37. The number of aromatic nitrogens is 2. The second-order valence-corrected chi connectivity index (χ2v) is 7.45. The van der Waals surface area contributed by atoms with Gasteiger partial charge in [-0.3, -0.25) is 14.5 Å². The smallest absolute Gasteiger partial charge is 0.339 e. The van der Waals surface area contributed by atoms with Gasteiger partial charge in [-0.2, -0.15) is 0 Å². The third-order valence-corrected chi connectivity index (χ3v) is 5.40. The number of hydrogen-bond donors (Lipinski definition) is 0. The lowest BCUT2D eigenvalue weighted by atomic mass is 10.1. The summed E-state index contributed by atoms with van der Waals surface area (Å²) >= 11 is 0. The largest absolute Gasteiger partial charge is 0.460 e. The molecule has 0 saturated carbocycles. The van der Waals surface area contributed by atoms with E-state index in [0.717, 1.165) is 4.90 Å². The fraction of sp³-hybridized carbons (Fsp3) is 0.125. The highest BCUT2D eigenvalue weighted by atomic mass is 19.1. The van der Waals surface area contributed by atoms with Gasteiger partial charge in [0.2, 0.25) is 0 Å². The third kappa shape index (κ3) is 3.53. The van der Waals surface area contributed by atoms with Crippen molar-refractivity contribution in [3.05, 3.63) is 82.8 Å². The van der Waals surface area contributed by atoms with Crippen LogP contribution in [0.2, 0.25) is 0 Å². The molecule has 2 aromatic heterocycles. The average Bonchev–Trinajstić information content (AvgIpc) is 3.32. The van der Waals surface area contributed by atoms with Gasteiger partial charge in [0.05, 0.1) is 40.0 Å². The minimum Gasteiger partial charge on any atom is -0.460 e. The number of esters is 1. The number of imide groups is 1. The van der Waals surface area contributed by atoms with E-state index in [4.69, 9.17) is 9.26 Å². The highest BCUT2D eigenvalue weighted by molar-refractivity contribution is 6.21. The Labute approximate surface area is 186 Å². The van der Waals surface area contributed by atoms with Crippen LogP contribution in [-0.2, 0) is 4.74 Å². The molecule has 2 aromatic carbocycles. The number of hydrogen-bond acceptors (Lipinski definition) is 7. The van der Waals surface area contributed by atoms with Crippen molar-refractivity contribution in [3.8, 4) is 11.3 Å². The molecule has 3 heterocycles. The molecule has 1 aliphatic rings. The summed E-state index contributed by atoms with van der Waals surface area (Å²) < 4.78 is 23.9. The molecule has 0 N–H and O–H groups in total. The minimum atomic E-state index is -0.686. The predicted molar refractivity (Wildman–Crippen MR) is 114 cm³/mol. The number of carbonyl (C=O) groups is 3. The number of amides is 2. The number of rotatable bonds is 5. The van der Waals surface area contributed by atoms with Crippen molar-refractivity contribution >= 4 is 28.9 Å². The molecule has 4 aromatic rings. The first-order chi connectivity index (χ1) is 15.9. The third-order valence-electron chi connectivity index (χ3n) is 5.40. The number of benzene rings is 2. The molecular weight excluding hydrogens is 429 g/mol. The Morgan fingerprint density at radius 2 is 1.73 bits per heavy atom. The highest BCUT2D eigenvalue weighted by Crippen LogP contribution is 2.28. The van der Waals surface area contributed by atoms with Crippen LogP contribution in [0.4, 0.5) is 4.39 Å². The molecule has 0 unspecified atom stereocenters. The molecule has 1 aliphatic heterocycles. The first kappa shape index (κ1) is 20.5. The minimum absolute atomic E-state index is 0.0836. The second-order valence-electron chi connectivity index (χ2n) is 7.45. The van der Waals surface area contributed by atoms with Crippen molar-refractivity contribution in [2.24, 2.45) is 0 Å². The van der Waals surface area contributed by atoms with E-state index in [1.54, 1.807) is 31.2 Å². The maximum atomic E-state index is 13.3. The van der Waals surface area contributed by atoms with E-state index in [9.17, 15) is 18.8 Å². The van der Waals surface area contributed by atoms with E-state index in [0.29, 0.717) is 33.5 Å². The summed E-state index contributed by atoms with van der Waals surface area (Å²) in [5, 5.41) is 4.27. The molecule has 0 bridgehead atoms. The molecular formula is C24H16FN3O5. The van der Waals surface area contributed by atoms with Crippen LogP contribution in [0, 0.1) is 12.7 Å². The van der Waals surface area contributed by atoms with Crippen molar-refractivity contribution in [2.45, 2.75) is 6.92 Å². The van der Waals surface area contributed by atoms with E-state index in [1.165, 1.54) is 30.3 Å². The van der Waals surface area contributed by atoms with Crippen LogP contribution >= 0.6 is 0 Å². The Balaban J connectivity index is 1.37. The molecule has 2 amide bonds. The van der Waals surface area contributed by atoms with Gasteiger partial charge in [-0.15, -0.1) is 0 Å². The molecule has 0 aliphatic carbocycles. The Morgan fingerprint density at radius 3 is 2.39 bits per heavy atom. The quantitative estimate of drug-likeness (QED) is 0.340. The molecule has 0 fully saturated rings. The molecule has 8 nitrogen and oxygen atoms in total. The van der Waals surface area contributed by atoms with Crippen LogP contribution in [0.5, 0.6) is 0 Å². The highest BCUT2D eigenvalue weighted by Gasteiger charge is 2.35. The van der Waals surface area contributed by atoms with Gasteiger partial charge in [0.1, 0.15) is 12.4 Å². The van der Waals surface area contributed by atoms with Crippen LogP contribution in [0.1, 0.15) is 36.8 Å². The molecule has 9 heteroatoms. The average molecular weight is 445 g/mol. The van der Waals surface area contributed by atoms with E-state index in [2.05, 4.69) is 10.1 Å². The van der Waals surface area contributed by atoms with Crippen molar-refractivity contribution in [3.63, 3.8) is 0 Å². The van der Waals surface area contributed by atoms with E-state index in [1.807, 2.05) is 0 Å². The number of ether oxygens (including phenoxy) is 1. The fourth-order valence-corrected chi connectivity index (χ4v) is 3.77. The Bertz CT molecular complexity index is 1390. The van der Waals surface area contributed by atoms with Gasteiger partial charge in [0, 0.05) is 5.56 Å². The Kier molecular flexibility index (Phi) is 4.93. The molecule has 0 spiro atoms. The van der Waals surface area contributed by atoms with Crippen LogP contribution < -0.4 is 0 Å². The summed E-state index contributed by atoms with van der Waals surface area (Å²) in [7, 11) is 0. The normalized spacial score (nSPS) is 13.0. The first-order valence-corrected chi connectivity index (χ1v) is 10.1. The lowest BCUT2D eigenvalue weighted by Crippen LogP contribution is -2.33. The van der Waals surface area contributed by atoms with Crippen molar-refractivity contribution in [2.75, 3.05) is 13.2 Å². The molecule has 0 saturated heterocycles. The second kappa shape index (κ2) is 7.94. The van der Waals surface area contributed by atoms with Gasteiger partial charge in [0.15, 0.2) is 0 Å². The standard InChI is InChI=1S/C24H16FN3O5/c1-13-20-18(12-19(26-21(20)33-27-13)14-6-8-15(25)9-7-14)24(31)32-11-10-28-22(29)16-4-2-3-5-17(16)23(28)30/h2-9,12H,10-11H2,1H3. The summed E-state index contributed by atoms with van der Waals surface area (Å²) in [6, 6.07) is 13.7. The topological polar surface area (TPSA) is 103 Å². The number of nitrogens with zero attached hydrogens (tertiary/aromatic N) is 3. The van der Waals surface area contributed by atoms with Gasteiger partial charge >= 0.3 is 5.97 Å². The summed E-state index contributed by atoms with van der Waals surface area (Å²) in [5.74, 6) is -1.94. The molecule has 0 radical (unpaired) electrons. The van der Waals surface area contributed by atoms with E-state index in [-0.39, 0.29) is 24.4 Å². The molecule has 5 rings (SSSR count). The number of fused-ring (bicyclic) bond motifs is 2. The maximum Gasteiger partial charge on any atom is 0.339 e. The Morgan fingerprint density at radius 1 is 1.06 bits per heavy atom. The van der Waals surface area contributed by atoms with Crippen LogP contribution in [-0.4, -0.2) is 46.0 Å². The van der Waals surface area contributed by atoms with Gasteiger partial charge < -0.3 is 9.26 Å². The van der Waals surface area contributed by atoms with Gasteiger partial charge in [-0.25, -0.2) is 14.2 Å². The zero-order valence-electron chi connectivity index (χ0n) is 17.4. The van der Waals surface area contributed by atoms with E-state index >= 15 is 0 Å². The van der Waals surface area contributed by atoms with Gasteiger partial charge in [0.25, 0.3) is 17.5 Å². The number of aryl methyl sites for hydroxylation is 1. The number of pyridine rings is 1. The van der Waals surface area contributed by atoms with Crippen molar-refractivity contribution in [1.29, 1.82) is 0 Å². The molecule has 0 atom stereocenters. The Hall–Kier alpha value is -4.40. The fourth-order valence-electron chi connectivity index (χ4n) is 3.77. The predicted octanol–water partition coefficient (Wildman–Crippen LogP) is 3.79. The number of carbonyl (C=O) groups excluding carboxylic acids is 3. The van der Waals surface area contributed by atoms with Crippen molar-refractivity contribution in [1.82, 2.24) is 15.0 Å². The lowest BCUT2D eigenvalue weighted by Gasteiger charge is -2.14. The van der Waals surface area contributed by atoms with Crippen LogP contribution in [0.3, 0.4) is 0 Å². The monoisotopic (exact) mass is 445 g/mol. The van der Waals surface area contributed by atoms with Crippen LogP contribution in [0.15, 0.2) is 59.1 Å². The maximum absolute atomic E-state index is 13.3. The summed E-state index contributed by atoms with van der Waals surface area (Å²) in [4.78, 5) is 43.3.